The summed E-state index contributed by atoms with van der Waals surface area (Å²) in [5, 5.41) is 7.20. The van der Waals surface area contributed by atoms with Gasteiger partial charge in [0.25, 0.3) is 6.23 Å². The van der Waals surface area contributed by atoms with E-state index in [0.29, 0.717) is 22.8 Å². The van der Waals surface area contributed by atoms with E-state index >= 15 is 0 Å². The van der Waals surface area contributed by atoms with Crippen LogP contribution in [0.1, 0.15) is 33.9 Å². The lowest BCUT2D eigenvalue weighted by molar-refractivity contribution is -0.00459. The molecule has 0 spiro atoms. The highest BCUT2D eigenvalue weighted by Gasteiger charge is 2.43. The summed E-state index contributed by atoms with van der Waals surface area (Å²) < 4.78 is 7.11. The third-order valence-corrected chi connectivity index (χ3v) is 5.96. The van der Waals surface area contributed by atoms with Gasteiger partial charge in [0.1, 0.15) is 5.75 Å². The highest BCUT2D eigenvalue weighted by atomic mass is 79.9. The molecular weight excluding hydrogens is 452 g/mol. The van der Waals surface area contributed by atoms with Gasteiger partial charge in [-0.05, 0) is 48.0 Å². The molecule has 0 amide bonds. The van der Waals surface area contributed by atoms with Crippen LogP contribution in [0.5, 0.6) is 5.75 Å². The Morgan fingerprint density at radius 3 is 2.59 bits per heavy atom. The minimum atomic E-state index is -0.823. The lowest BCUT2D eigenvalue weighted by Gasteiger charge is -2.37. The number of fused-ring (bicyclic) bond motifs is 3. The van der Waals surface area contributed by atoms with Gasteiger partial charge in [0.05, 0.1) is 11.8 Å². The van der Waals surface area contributed by atoms with Gasteiger partial charge in [0, 0.05) is 27.0 Å². The minimum Gasteiger partial charge on any atom is -0.461 e. The molecule has 0 aliphatic carbocycles. The van der Waals surface area contributed by atoms with E-state index in [1.807, 2.05) is 48.5 Å². The van der Waals surface area contributed by atoms with Gasteiger partial charge >= 0.3 is 0 Å². The summed E-state index contributed by atoms with van der Waals surface area (Å²) in [6, 6.07) is 22.7. The topological polar surface area (TPSA) is 41.9 Å². The van der Waals surface area contributed by atoms with Crippen LogP contribution in [-0.4, -0.2) is 22.7 Å². The summed E-state index contributed by atoms with van der Waals surface area (Å²) in [7, 11) is 0. The molecule has 2 atom stereocenters. The van der Waals surface area contributed by atoms with E-state index in [9.17, 15) is 4.79 Å². The smallest absolute Gasteiger partial charge is 0.251 e. The maximum Gasteiger partial charge on any atom is 0.251 e. The predicted octanol–water partition coefficient (Wildman–Crippen LogP) is 5.86. The average molecular weight is 468 g/mol. The number of ketones is 1. The molecule has 0 N–H and O–H groups in total. The molecule has 0 fully saturated rings. The number of ether oxygens (including phenoxy) is 1. The minimum absolute atomic E-state index is 0.0623. The molecule has 0 radical (unpaired) electrons. The first-order chi connectivity index (χ1) is 14.1. The van der Waals surface area contributed by atoms with Gasteiger partial charge in [0.15, 0.2) is 0 Å². The van der Waals surface area contributed by atoms with Crippen LogP contribution in [-0.2, 0) is 0 Å². The summed E-state index contributed by atoms with van der Waals surface area (Å²) in [4.78, 5) is 13.3. The van der Waals surface area contributed by atoms with Crippen molar-refractivity contribution in [1.29, 1.82) is 0 Å². The SMILES string of the molecule is O=C(c1ccc(Cl)cc1)[C@@H]1Oc2ccc(Br)cc2[C@H]2CC(c3ccccc3)=NN21. The number of halogens is 2. The van der Waals surface area contributed by atoms with Crippen molar-refractivity contribution in [3.05, 3.63) is 99.0 Å². The molecule has 3 aromatic rings. The monoisotopic (exact) mass is 466 g/mol. The van der Waals surface area contributed by atoms with Gasteiger partial charge in [-0.1, -0.05) is 57.9 Å². The van der Waals surface area contributed by atoms with Crippen LogP contribution in [0.2, 0.25) is 5.02 Å². The standard InChI is InChI=1S/C23H16BrClN2O2/c24-16-8-11-21-18(12-16)20-13-19(14-4-2-1-3-5-14)26-27(20)23(29-21)22(28)15-6-9-17(25)10-7-15/h1-12,20,23H,13H2/t20-,23+/m1/s1. The molecule has 2 heterocycles. The summed E-state index contributed by atoms with van der Waals surface area (Å²) >= 11 is 9.52. The van der Waals surface area contributed by atoms with Gasteiger partial charge in [-0.25, -0.2) is 5.01 Å². The Balaban J connectivity index is 1.57. The van der Waals surface area contributed by atoms with Crippen LogP contribution in [0, 0.1) is 0 Å². The van der Waals surface area contributed by atoms with Crippen molar-refractivity contribution < 1.29 is 9.53 Å². The highest BCUT2D eigenvalue weighted by Crippen LogP contribution is 2.44. The molecule has 2 aliphatic heterocycles. The Kier molecular flexibility index (Phi) is 4.64. The number of hydrogen-bond acceptors (Lipinski definition) is 4. The fraction of sp³-hybridized carbons (Fsp3) is 0.130. The lowest BCUT2D eigenvalue weighted by atomic mass is 9.96. The number of Topliss-reactive ketones (excluding diaryl/α,β-unsaturated/α-hetero) is 1. The number of carbonyl (C=O) groups is 1. The lowest BCUT2D eigenvalue weighted by Crippen LogP contribution is -2.45. The van der Waals surface area contributed by atoms with Crippen LogP contribution in [0.4, 0.5) is 0 Å². The molecule has 3 aromatic carbocycles. The molecule has 5 rings (SSSR count). The number of benzene rings is 3. The molecule has 0 bridgehead atoms. The van der Waals surface area contributed by atoms with Crippen molar-refractivity contribution in [1.82, 2.24) is 5.01 Å². The first-order valence-electron chi connectivity index (χ1n) is 9.27. The zero-order valence-corrected chi connectivity index (χ0v) is 17.6. The van der Waals surface area contributed by atoms with Crippen LogP contribution < -0.4 is 4.74 Å². The van der Waals surface area contributed by atoms with E-state index in [0.717, 1.165) is 21.3 Å². The maximum absolute atomic E-state index is 13.3. The Bertz CT molecular complexity index is 1120. The van der Waals surface area contributed by atoms with E-state index in [1.54, 1.807) is 29.3 Å². The highest BCUT2D eigenvalue weighted by molar-refractivity contribution is 9.10. The second-order valence-electron chi connectivity index (χ2n) is 7.04. The second kappa shape index (κ2) is 7.32. The van der Waals surface area contributed by atoms with Crippen molar-refractivity contribution in [3.63, 3.8) is 0 Å². The molecule has 29 heavy (non-hydrogen) atoms. The third-order valence-electron chi connectivity index (χ3n) is 5.21. The zero-order valence-electron chi connectivity index (χ0n) is 15.3. The van der Waals surface area contributed by atoms with E-state index in [4.69, 9.17) is 21.4 Å². The Morgan fingerprint density at radius 2 is 1.83 bits per heavy atom. The molecule has 2 aliphatic rings. The first-order valence-corrected chi connectivity index (χ1v) is 10.4. The number of rotatable bonds is 3. The fourth-order valence-electron chi connectivity index (χ4n) is 3.79. The number of hydrazone groups is 1. The van der Waals surface area contributed by atoms with Gasteiger partial charge in [-0.3, -0.25) is 4.79 Å². The number of hydrogen-bond donors (Lipinski definition) is 0. The number of carbonyl (C=O) groups excluding carboxylic acids is 1. The van der Waals surface area contributed by atoms with Crippen LogP contribution >= 0.6 is 27.5 Å². The zero-order chi connectivity index (χ0) is 20.0. The van der Waals surface area contributed by atoms with Crippen LogP contribution in [0.25, 0.3) is 0 Å². The summed E-state index contributed by atoms with van der Waals surface area (Å²) in [5.41, 5.74) is 3.56. The Labute approximate surface area is 181 Å². The fourth-order valence-corrected chi connectivity index (χ4v) is 4.30. The predicted molar refractivity (Wildman–Crippen MR) is 117 cm³/mol. The molecule has 0 unspecified atom stereocenters. The molecule has 144 valence electrons. The molecule has 6 heteroatoms. The summed E-state index contributed by atoms with van der Waals surface area (Å²) in [6.45, 7) is 0. The van der Waals surface area contributed by atoms with Gasteiger partial charge in [0.2, 0.25) is 5.78 Å². The van der Waals surface area contributed by atoms with Crippen molar-refractivity contribution in [2.24, 2.45) is 5.10 Å². The van der Waals surface area contributed by atoms with Crippen molar-refractivity contribution in [3.8, 4) is 5.75 Å². The van der Waals surface area contributed by atoms with Crippen LogP contribution in [0.3, 0.4) is 0 Å². The quantitative estimate of drug-likeness (QED) is 0.453. The van der Waals surface area contributed by atoms with Crippen molar-refractivity contribution in [2.75, 3.05) is 0 Å². The van der Waals surface area contributed by atoms with Gasteiger partial charge in [-0.2, -0.15) is 5.10 Å². The molecule has 0 saturated heterocycles. The van der Waals surface area contributed by atoms with Crippen LogP contribution in [0.15, 0.2) is 82.4 Å². The molecule has 0 aromatic heterocycles. The van der Waals surface area contributed by atoms with Gasteiger partial charge < -0.3 is 4.74 Å². The van der Waals surface area contributed by atoms with E-state index in [2.05, 4.69) is 15.9 Å². The summed E-state index contributed by atoms with van der Waals surface area (Å²) in [6.07, 6.45) is -0.114. The molecular formula is C23H16BrClN2O2. The number of nitrogens with zero attached hydrogens (tertiary/aromatic N) is 2. The average Bonchev–Trinajstić information content (AvgIpc) is 3.20. The van der Waals surface area contributed by atoms with E-state index in [-0.39, 0.29) is 11.8 Å². The van der Waals surface area contributed by atoms with E-state index in [1.165, 1.54) is 0 Å². The van der Waals surface area contributed by atoms with Crippen molar-refractivity contribution in [2.45, 2.75) is 18.7 Å². The molecule has 0 saturated carbocycles. The van der Waals surface area contributed by atoms with E-state index < -0.39 is 6.23 Å². The Morgan fingerprint density at radius 1 is 1.07 bits per heavy atom. The second-order valence-corrected chi connectivity index (χ2v) is 8.39. The maximum atomic E-state index is 13.3. The molecule has 4 nitrogen and oxygen atoms in total. The first kappa shape index (κ1) is 18.4. The largest absolute Gasteiger partial charge is 0.461 e. The normalized spacial score (nSPS) is 19.8. The Hall–Kier alpha value is -2.63. The third kappa shape index (κ3) is 3.34. The van der Waals surface area contributed by atoms with Crippen molar-refractivity contribution >= 4 is 39.0 Å². The summed E-state index contributed by atoms with van der Waals surface area (Å²) in [5.74, 6) is 0.574. The van der Waals surface area contributed by atoms with Gasteiger partial charge in [-0.15, -0.1) is 0 Å².